The summed E-state index contributed by atoms with van der Waals surface area (Å²) in [6.07, 6.45) is 10.1. The predicted octanol–water partition coefficient (Wildman–Crippen LogP) is 5.67. The average Bonchev–Trinajstić information content (AvgIpc) is 2.78. The summed E-state index contributed by atoms with van der Waals surface area (Å²) < 4.78 is 0. The second-order valence-corrected chi connectivity index (χ2v) is 6.94. The first-order valence-electron chi connectivity index (χ1n) is 7.46. The van der Waals surface area contributed by atoms with Crippen LogP contribution in [0.3, 0.4) is 0 Å². The Morgan fingerprint density at radius 2 is 1.69 bits per heavy atom. The van der Waals surface area contributed by atoms with E-state index in [1.807, 2.05) is 0 Å². The maximum atomic E-state index is 2.50. The first kappa shape index (κ1) is 14.1. The van der Waals surface area contributed by atoms with Crippen molar-refractivity contribution in [2.75, 3.05) is 0 Å². The summed E-state index contributed by atoms with van der Waals surface area (Å²) in [7, 11) is 0. The van der Waals surface area contributed by atoms with E-state index in [1.54, 1.807) is 0 Å². The molecule has 0 aromatic carbocycles. The monoisotopic (exact) mass is 224 g/mol. The lowest BCUT2D eigenvalue weighted by atomic mass is 9.76. The largest absolute Gasteiger partial charge is 0.0649 e. The minimum Gasteiger partial charge on any atom is -0.0649 e. The van der Waals surface area contributed by atoms with E-state index in [-0.39, 0.29) is 0 Å². The third-order valence-electron chi connectivity index (χ3n) is 5.27. The van der Waals surface area contributed by atoms with Crippen LogP contribution in [0.1, 0.15) is 79.6 Å². The highest BCUT2D eigenvalue weighted by Crippen LogP contribution is 2.38. The highest BCUT2D eigenvalue weighted by atomic mass is 14.3. The van der Waals surface area contributed by atoms with Crippen molar-refractivity contribution in [2.24, 2.45) is 23.2 Å². The van der Waals surface area contributed by atoms with Crippen LogP contribution in [0.4, 0.5) is 0 Å². The van der Waals surface area contributed by atoms with Crippen LogP contribution in [0.25, 0.3) is 0 Å². The minimum atomic E-state index is 0.559. The van der Waals surface area contributed by atoms with Crippen LogP contribution in [0, 0.1) is 23.2 Å². The van der Waals surface area contributed by atoms with Crippen molar-refractivity contribution in [1.82, 2.24) is 0 Å². The van der Waals surface area contributed by atoms with Gasteiger partial charge in [-0.3, -0.25) is 0 Å². The molecule has 0 aliphatic heterocycles. The molecular formula is C16H32. The number of rotatable bonds is 6. The summed E-state index contributed by atoms with van der Waals surface area (Å²) in [5, 5.41) is 0. The van der Waals surface area contributed by atoms with Gasteiger partial charge < -0.3 is 0 Å². The molecule has 1 fully saturated rings. The standard InChI is InChI=1S/C16H32/c1-6-16(4,5)12-11-13(2)14(3)15-9-7-8-10-15/h13-15H,6-12H2,1-5H3. The zero-order valence-corrected chi connectivity index (χ0v) is 12.2. The van der Waals surface area contributed by atoms with Gasteiger partial charge >= 0.3 is 0 Å². The molecule has 0 amide bonds. The van der Waals surface area contributed by atoms with Crippen LogP contribution in [0.15, 0.2) is 0 Å². The number of hydrogen-bond acceptors (Lipinski definition) is 0. The maximum absolute atomic E-state index is 2.50. The Morgan fingerprint density at radius 1 is 1.12 bits per heavy atom. The third kappa shape index (κ3) is 4.11. The molecule has 0 saturated heterocycles. The molecular weight excluding hydrogens is 192 g/mol. The molecule has 0 nitrogen and oxygen atoms in total. The molecule has 1 saturated carbocycles. The first-order valence-corrected chi connectivity index (χ1v) is 7.46. The van der Waals surface area contributed by atoms with Gasteiger partial charge in [0.25, 0.3) is 0 Å². The van der Waals surface area contributed by atoms with E-state index in [0.29, 0.717) is 5.41 Å². The van der Waals surface area contributed by atoms with E-state index >= 15 is 0 Å². The van der Waals surface area contributed by atoms with Gasteiger partial charge in [0, 0.05) is 0 Å². The molecule has 0 N–H and O–H groups in total. The molecule has 0 aromatic rings. The van der Waals surface area contributed by atoms with E-state index in [4.69, 9.17) is 0 Å². The van der Waals surface area contributed by atoms with Crippen molar-refractivity contribution in [3.63, 3.8) is 0 Å². The molecule has 16 heavy (non-hydrogen) atoms. The molecule has 0 spiro atoms. The zero-order valence-electron chi connectivity index (χ0n) is 12.2. The van der Waals surface area contributed by atoms with Crippen molar-refractivity contribution in [2.45, 2.75) is 79.6 Å². The lowest BCUT2D eigenvalue weighted by Gasteiger charge is -2.29. The van der Waals surface area contributed by atoms with Crippen LogP contribution in [0.5, 0.6) is 0 Å². The van der Waals surface area contributed by atoms with Gasteiger partial charge in [0.15, 0.2) is 0 Å². The van der Waals surface area contributed by atoms with E-state index < -0.39 is 0 Å². The normalized spacial score (nSPS) is 22.3. The summed E-state index contributed by atoms with van der Waals surface area (Å²) in [4.78, 5) is 0. The molecule has 0 bridgehead atoms. The molecule has 0 heterocycles. The molecule has 96 valence electrons. The van der Waals surface area contributed by atoms with Gasteiger partial charge in [-0.05, 0) is 36.0 Å². The van der Waals surface area contributed by atoms with Gasteiger partial charge in [-0.25, -0.2) is 0 Å². The molecule has 2 unspecified atom stereocenters. The van der Waals surface area contributed by atoms with Crippen molar-refractivity contribution in [1.29, 1.82) is 0 Å². The van der Waals surface area contributed by atoms with Crippen molar-refractivity contribution in [3.8, 4) is 0 Å². The molecule has 1 rings (SSSR count). The zero-order chi connectivity index (χ0) is 12.2. The Hall–Kier alpha value is 0. The molecule has 1 aliphatic carbocycles. The fourth-order valence-electron chi connectivity index (χ4n) is 3.01. The summed E-state index contributed by atoms with van der Waals surface area (Å²) in [6, 6.07) is 0. The quantitative estimate of drug-likeness (QED) is 0.545. The van der Waals surface area contributed by atoms with E-state index in [0.717, 1.165) is 17.8 Å². The first-order chi connectivity index (χ1) is 7.46. The highest BCUT2D eigenvalue weighted by molar-refractivity contribution is 4.77. The number of hydrogen-bond donors (Lipinski definition) is 0. The third-order valence-corrected chi connectivity index (χ3v) is 5.27. The second kappa shape index (κ2) is 6.07. The summed E-state index contributed by atoms with van der Waals surface area (Å²) in [5.74, 6) is 2.92. The lowest BCUT2D eigenvalue weighted by Crippen LogP contribution is -2.19. The van der Waals surface area contributed by atoms with Gasteiger partial charge in [-0.2, -0.15) is 0 Å². The topological polar surface area (TPSA) is 0 Å². The highest BCUT2D eigenvalue weighted by Gasteiger charge is 2.26. The molecule has 0 radical (unpaired) electrons. The summed E-state index contributed by atoms with van der Waals surface area (Å²) >= 11 is 0. The predicted molar refractivity (Wildman–Crippen MR) is 73.6 cm³/mol. The summed E-state index contributed by atoms with van der Waals surface area (Å²) in [6.45, 7) is 12.1. The Morgan fingerprint density at radius 3 is 2.19 bits per heavy atom. The molecule has 0 heteroatoms. The second-order valence-electron chi connectivity index (χ2n) is 6.94. The average molecular weight is 224 g/mol. The van der Waals surface area contributed by atoms with Crippen LogP contribution in [0.2, 0.25) is 0 Å². The van der Waals surface area contributed by atoms with Gasteiger partial charge in [0.1, 0.15) is 0 Å². The van der Waals surface area contributed by atoms with Gasteiger partial charge in [-0.1, -0.05) is 66.7 Å². The van der Waals surface area contributed by atoms with Crippen molar-refractivity contribution in [3.05, 3.63) is 0 Å². The molecule has 1 aliphatic rings. The fraction of sp³-hybridized carbons (Fsp3) is 1.00. The maximum Gasteiger partial charge on any atom is -0.0357 e. The van der Waals surface area contributed by atoms with E-state index in [2.05, 4.69) is 34.6 Å². The van der Waals surface area contributed by atoms with Crippen molar-refractivity contribution < 1.29 is 0 Å². The lowest BCUT2D eigenvalue weighted by molar-refractivity contribution is 0.213. The van der Waals surface area contributed by atoms with Crippen molar-refractivity contribution >= 4 is 0 Å². The van der Waals surface area contributed by atoms with E-state index in [1.165, 1.54) is 44.9 Å². The van der Waals surface area contributed by atoms with Crippen LogP contribution in [-0.4, -0.2) is 0 Å². The Balaban J connectivity index is 2.30. The molecule has 2 atom stereocenters. The Kier molecular flexibility index (Phi) is 5.34. The molecule has 0 aromatic heterocycles. The SMILES string of the molecule is CCC(C)(C)CCC(C)C(C)C1CCCC1. The van der Waals surface area contributed by atoms with Crippen LogP contribution in [-0.2, 0) is 0 Å². The van der Waals surface area contributed by atoms with Crippen LogP contribution >= 0.6 is 0 Å². The van der Waals surface area contributed by atoms with Gasteiger partial charge in [0.05, 0.1) is 0 Å². The van der Waals surface area contributed by atoms with Crippen LogP contribution < -0.4 is 0 Å². The van der Waals surface area contributed by atoms with Gasteiger partial charge in [-0.15, -0.1) is 0 Å². The Labute approximate surface area is 103 Å². The van der Waals surface area contributed by atoms with Gasteiger partial charge in [0.2, 0.25) is 0 Å². The fourth-order valence-corrected chi connectivity index (χ4v) is 3.01. The van der Waals surface area contributed by atoms with E-state index in [9.17, 15) is 0 Å². The Bertz CT molecular complexity index is 186. The smallest absolute Gasteiger partial charge is 0.0357 e. The minimum absolute atomic E-state index is 0.559. The summed E-state index contributed by atoms with van der Waals surface area (Å²) in [5.41, 5.74) is 0.559.